The van der Waals surface area contributed by atoms with E-state index in [1.165, 1.54) is 24.8 Å². The summed E-state index contributed by atoms with van der Waals surface area (Å²) in [6.45, 7) is 2.79. The number of rotatable bonds is 5. The highest BCUT2D eigenvalue weighted by molar-refractivity contribution is 5.94. The van der Waals surface area contributed by atoms with Crippen molar-refractivity contribution in [3.8, 4) is 0 Å². The first-order chi connectivity index (χ1) is 9.15. The molecule has 0 radical (unpaired) electrons. The van der Waals surface area contributed by atoms with Crippen LogP contribution in [0.15, 0.2) is 24.3 Å². The molecule has 1 atom stereocenters. The third kappa shape index (κ3) is 4.33. The van der Waals surface area contributed by atoms with Crippen LogP contribution in [0.1, 0.15) is 30.4 Å². The summed E-state index contributed by atoms with van der Waals surface area (Å²) in [7, 11) is 2.12. The maximum absolute atomic E-state index is 7.37. The minimum Gasteiger partial charge on any atom is -0.384 e. The predicted molar refractivity (Wildman–Crippen MR) is 77.4 cm³/mol. The van der Waals surface area contributed by atoms with Crippen LogP contribution in [0.2, 0.25) is 0 Å². The van der Waals surface area contributed by atoms with Gasteiger partial charge in [-0.15, -0.1) is 0 Å². The molecule has 3 N–H and O–H groups in total. The van der Waals surface area contributed by atoms with Crippen molar-refractivity contribution in [1.82, 2.24) is 4.90 Å². The van der Waals surface area contributed by atoms with Crippen LogP contribution in [0.4, 0.5) is 0 Å². The van der Waals surface area contributed by atoms with Crippen LogP contribution in [0, 0.1) is 5.41 Å². The van der Waals surface area contributed by atoms with Crippen LogP contribution < -0.4 is 5.73 Å². The van der Waals surface area contributed by atoms with Crippen LogP contribution in [-0.2, 0) is 11.3 Å². The number of nitrogens with one attached hydrogen (secondary N) is 1. The van der Waals surface area contributed by atoms with Gasteiger partial charge >= 0.3 is 0 Å². The van der Waals surface area contributed by atoms with Crippen molar-refractivity contribution >= 4 is 5.84 Å². The Hall–Kier alpha value is -1.39. The predicted octanol–water partition coefficient (Wildman–Crippen LogP) is 1.97. The van der Waals surface area contributed by atoms with Gasteiger partial charge in [0.1, 0.15) is 5.84 Å². The van der Waals surface area contributed by atoms with Gasteiger partial charge in [0.25, 0.3) is 0 Å². The van der Waals surface area contributed by atoms with Gasteiger partial charge in [-0.3, -0.25) is 10.3 Å². The lowest BCUT2D eigenvalue weighted by molar-refractivity contribution is -0.00259. The summed E-state index contributed by atoms with van der Waals surface area (Å²) in [6.07, 6.45) is 4.04. The zero-order chi connectivity index (χ0) is 13.7. The van der Waals surface area contributed by atoms with E-state index in [1.807, 2.05) is 24.3 Å². The number of ether oxygens (including phenoxy) is 1. The quantitative estimate of drug-likeness (QED) is 0.629. The van der Waals surface area contributed by atoms with E-state index in [9.17, 15) is 0 Å². The Morgan fingerprint density at radius 1 is 1.37 bits per heavy atom. The standard InChI is InChI=1S/C15H23N3O/c1-18(11-14-4-2-3-9-19-14)10-12-5-7-13(8-6-12)15(16)17/h5-8,14H,2-4,9-11H2,1H3,(H3,16,17). The van der Waals surface area contributed by atoms with Crippen LogP contribution in [-0.4, -0.2) is 37.0 Å². The highest BCUT2D eigenvalue weighted by Gasteiger charge is 2.15. The largest absolute Gasteiger partial charge is 0.384 e. The first-order valence-corrected chi connectivity index (χ1v) is 6.88. The van der Waals surface area contributed by atoms with Gasteiger partial charge in [-0.25, -0.2) is 0 Å². The van der Waals surface area contributed by atoms with Crippen LogP contribution >= 0.6 is 0 Å². The fourth-order valence-electron chi connectivity index (χ4n) is 2.46. The van der Waals surface area contributed by atoms with Crippen molar-refractivity contribution in [3.05, 3.63) is 35.4 Å². The third-order valence-corrected chi connectivity index (χ3v) is 3.51. The molecular formula is C15H23N3O. The second kappa shape index (κ2) is 6.68. The summed E-state index contributed by atoms with van der Waals surface area (Å²) in [4.78, 5) is 2.29. The average molecular weight is 261 g/mol. The third-order valence-electron chi connectivity index (χ3n) is 3.51. The number of nitrogen functional groups attached to an aromatic ring is 1. The normalized spacial score (nSPS) is 19.6. The number of nitrogens with zero attached hydrogens (tertiary/aromatic N) is 1. The zero-order valence-corrected chi connectivity index (χ0v) is 11.6. The highest BCUT2D eigenvalue weighted by atomic mass is 16.5. The number of amidine groups is 1. The number of benzene rings is 1. The summed E-state index contributed by atoms with van der Waals surface area (Å²) in [6, 6.07) is 7.88. The van der Waals surface area contributed by atoms with Crippen molar-refractivity contribution < 1.29 is 4.74 Å². The molecule has 0 bridgehead atoms. The first-order valence-electron chi connectivity index (χ1n) is 6.88. The maximum atomic E-state index is 7.37. The van der Waals surface area contributed by atoms with Crippen LogP contribution in [0.5, 0.6) is 0 Å². The molecule has 0 spiro atoms. The number of likely N-dealkylation sites (N-methyl/N-ethyl adjacent to an activating group) is 1. The molecule has 1 aromatic rings. The zero-order valence-electron chi connectivity index (χ0n) is 11.6. The molecule has 2 rings (SSSR count). The molecule has 104 valence electrons. The molecule has 1 unspecified atom stereocenters. The lowest BCUT2D eigenvalue weighted by Crippen LogP contribution is -2.33. The Bertz CT molecular complexity index is 410. The summed E-state index contributed by atoms with van der Waals surface area (Å²) in [5.74, 6) is 0.121. The molecule has 0 amide bonds. The van der Waals surface area contributed by atoms with E-state index in [0.717, 1.165) is 25.3 Å². The van der Waals surface area contributed by atoms with E-state index in [1.54, 1.807) is 0 Å². The van der Waals surface area contributed by atoms with Gasteiger partial charge in [0.2, 0.25) is 0 Å². The summed E-state index contributed by atoms with van der Waals surface area (Å²) in [5, 5.41) is 7.37. The molecular weight excluding hydrogens is 238 g/mol. The summed E-state index contributed by atoms with van der Waals surface area (Å²) >= 11 is 0. The highest BCUT2D eigenvalue weighted by Crippen LogP contribution is 2.14. The molecule has 0 saturated carbocycles. The number of hydrogen-bond donors (Lipinski definition) is 2. The topological polar surface area (TPSA) is 62.3 Å². The van der Waals surface area contributed by atoms with E-state index < -0.39 is 0 Å². The van der Waals surface area contributed by atoms with Crippen LogP contribution in [0.3, 0.4) is 0 Å². The SMILES string of the molecule is CN(Cc1ccc(C(=N)N)cc1)CC1CCCCO1. The Kier molecular flexibility index (Phi) is 4.93. The molecule has 1 aliphatic rings. The lowest BCUT2D eigenvalue weighted by atomic mass is 10.1. The molecule has 0 aliphatic carbocycles. The minimum absolute atomic E-state index is 0.121. The fourth-order valence-corrected chi connectivity index (χ4v) is 2.46. The Labute approximate surface area is 115 Å². The van der Waals surface area contributed by atoms with Gasteiger partial charge < -0.3 is 10.5 Å². The van der Waals surface area contributed by atoms with Crippen molar-refractivity contribution in [1.29, 1.82) is 5.41 Å². The minimum atomic E-state index is 0.121. The molecule has 1 fully saturated rings. The van der Waals surface area contributed by atoms with Crippen molar-refractivity contribution in [2.24, 2.45) is 5.73 Å². The van der Waals surface area contributed by atoms with E-state index in [4.69, 9.17) is 15.9 Å². The monoisotopic (exact) mass is 261 g/mol. The van der Waals surface area contributed by atoms with Gasteiger partial charge in [-0.2, -0.15) is 0 Å². The molecule has 4 nitrogen and oxygen atoms in total. The van der Waals surface area contributed by atoms with E-state index in [0.29, 0.717) is 6.10 Å². The molecule has 1 aromatic carbocycles. The molecule has 19 heavy (non-hydrogen) atoms. The molecule has 0 aromatic heterocycles. The summed E-state index contributed by atoms with van der Waals surface area (Å²) in [5.41, 5.74) is 7.46. The van der Waals surface area contributed by atoms with Gasteiger partial charge in [0, 0.05) is 25.3 Å². The Balaban J connectivity index is 1.83. The molecule has 1 saturated heterocycles. The Morgan fingerprint density at radius 3 is 2.68 bits per heavy atom. The molecule has 4 heteroatoms. The number of hydrogen-bond acceptors (Lipinski definition) is 3. The molecule has 1 aliphatic heterocycles. The van der Waals surface area contributed by atoms with E-state index in [2.05, 4.69) is 11.9 Å². The van der Waals surface area contributed by atoms with E-state index in [-0.39, 0.29) is 5.84 Å². The van der Waals surface area contributed by atoms with E-state index >= 15 is 0 Å². The van der Waals surface area contributed by atoms with Crippen LogP contribution in [0.25, 0.3) is 0 Å². The number of nitrogens with two attached hydrogens (primary N) is 1. The van der Waals surface area contributed by atoms with Gasteiger partial charge in [0.15, 0.2) is 0 Å². The lowest BCUT2D eigenvalue weighted by Gasteiger charge is -2.27. The molecule has 1 heterocycles. The smallest absolute Gasteiger partial charge is 0.122 e. The van der Waals surface area contributed by atoms with Crippen molar-refractivity contribution in [2.75, 3.05) is 20.2 Å². The van der Waals surface area contributed by atoms with Crippen molar-refractivity contribution in [3.63, 3.8) is 0 Å². The van der Waals surface area contributed by atoms with Crippen molar-refractivity contribution in [2.45, 2.75) is 31.9 Å². The van der Waals surface area contributed by atoms with Gasteiger partial charge in [0.05, 0.1) is 6.10 Å². The average Bonchev–Trinajstić information content (AvgIpc) is 2.40. The van der Waals surface area contributed by atoms with Gasteiger partial charge in [-0.1, -0.05) is 24.3 Å². The Morgan fingerprint density at radius 2 is 2.11 bits per heavy atom. The second-order valence-corrected chi connectivity index (χ2v) is 5.30. The van der Waals surface area contributed by atoms with Gasteiger partial charge in [-0.05, 0) is 31.9 Å². The fraction of sp³-hybridized carbons (Fsp3) is 0.533. The second-order valence-electron chi connectivity index (χ2n) is 5.30. The maximum Gasteiger partial charge on any atom is 0.122 e. The first kappa shape index (κ1) is 14.0. The summed E-state index contributed by atoms with van der Waals surface area (Å²) < 4.78 is 5.75.